The highest BCUT2D eigenvalue weighted by Gasteiger charge is 2.51. The molecule has 0 aromatic heterocycles. The molecule has 0 spiro atoms. The van der Waals surface area contributed by atoms with Gasteiger partial charge < -0.3 is 9.64 Å². The smallest absolute Gasteiger partial charge is 0.244 e. The van der Waals surface area contributed by atoms with E-state index in [2.05, 4.69) is 29.3 Å². The Labute approximate surface area is 126 Å². The molecule has 114 valence electrons. The summed E-state index contributed by atoms with van der Waals surface area (Å²) >= 11 is 0. The molecule has 1 N–H and O–H groups in total. The quantitative estimate of drug-likeness (QED) is 0.926. The Hall–Kier alpha value is -1.55. The van der Waals surface area contributed by atoms with Crippen molar-refractivity contribution in [1.29, 1.82) is 0 Å². The fraction of sp³-hybridized carbons (Fsp3) is 0.588. The number of amides is 1. The number of nitrogens with zero attached hydrogens (tertiary/aromatic N) is 1. The monoisotopic (exact) mass is 288 g/mol. The van der Waals surface area contributed by atoms with Gasteiger partial charge in [-0.05, 0) is 56.4 Å². The summed E-state index contributed by atoms with van der Waals surface area (Å²) in [4.78, 5) is 14.8. The predicted molar refractivity (Wildman–Crippen MR) is 82.2 cm³/mol. The third-order valence-corrected chi connectivity index (χ3v) is 4.82. The maximum atomic E-state index is 12.8. The van der Waals surface area contributed by atoms with Crippen molar-refractivity contribution in [2.24, 2.45) is 0 Å². The molecule has 1 aromatic carbocycles. The van der Waals surface area contributed by atoms with Gasteiger partial charge in [-0.15, -0.1) is 0 Å². The first-order chi connectivity index (χ1) is 10.00. The number of rotatable bonds is 4. The zero-order valence-electron chi connectivity index (χ0n) is 13.3. The van der Waals surface area contributed by atoms with E-state index >= 15 is 0 Å². The third kappa shape index (κ3) is 2.31. The van der Waals surface area contributed by atoms with Crippen LogP contribution in [0.2, 0.25) is 0 Å². The van der Waals surface area contributed by atoms with E-state index in [0.717, 1.165) is 36.1 Å². The van der Waals surface area contributed by atoms with E-state index in [1.807, 2.05) is 19.9 Å². The highest BCUT2D eigenvalue weighted by atomic mass is 16.5. The number of hydrogen-bond acceptors (Lipinski definition) is 3. The predicted octanol–water partition coefficient (Wildman–Crippen LogP) is 2.77. The molecule has 3 rings (SSSR count). The Morgan fingerprint density at radius 2 is 2.14 bits per heavy atom. The molecule has 4 heteroatoms. The van der Waals surface area contributed by atoms with Gasteiger partial charge in [0.25, 0.3) is 0 Å². The van der Waals surface area contributed by atoms with Crippen LogP contribution < -0.4 is 10.1 Å². The van der Waals surface area contributed by atoms with Crippen LogP contribution in [0.3, 0.4) is 0 Å². The largest absolute Gasteiger partial charge is 0.496 e. The number of hydrogen-bond donors (Lipinski definition) is 1. The number of methoxy groups -OCH3 is 1. The second-order valence-electron chi connectivity index (χ2n) is 6.41. The van der Waals surface area contributed by atoms with Crippen LogP contribution in [0, 0.1) is 6.92 Å². The summed E-state index contributed by atoms with van der Waals surface area (Å²) in [7, 11) is 1.68. The second kappa shape index (κ2) is 5.02. The first-order valence-electron chi connectivity index (χ1n) is 7.75. The Morgan fingerprint density at radius 1 is 1.43 bits per heavy atom. The molecular formula is C17H24N2O2. The molecule has 1 aliphatic heterocycles. The van der Waals surface area contributed by atoms with Crippen molar-refractivity contribution in [2.75, 3.05) is 7.11 Å². The molecule has 1 aromatic rings. The first kappa shape index (κ1) is 14.4. The van der Waals surface area contributed by atoms with Crippen LogP contribution in [0.25, 0.3) is 0 Å². The average Bonchev–Trinajstić information content (AvgIpc) is 3.27. The fourth-order valence-electron chi connectivity index (χ4n) is 3.13. The molecule has 4 nitrogen and oxygen atoms in total. The lowest BCUT2D eigenvalue weighted by atomic mass is 9.99. The molecule has 0 radical (unpaired) electrons. The van der Waals surface area contributed by atoms with Crippen LogP contribution in [0.15, 0.2) is 18.2 Å². The highest BCUT2D eigenvalue weighted by Crippen LogP contribution is 2.41. The Bertz CT molecular complexity index is 568. The minimum Gasteiger partial charge on any atom is -0.496 e. The molecule has 1 saturated heterocycles. The van der Waals surface area contributed by atoms with Crippen molar-refractivity contribution in [1.82, 2.24) is 10.2 Å². The van der Waals surface area contributed by atoms with Crippen LogP contribution >= 0.6 is 0 Å². The van der Waals surface area contributed by atoms with Crippen LogP contribution in [-0.2, 0) is 4.79 Å². The van der Waals surface area contributed by atoms with Crippen molar-refractivity contribution in [3.05, 3.63) is 29.3 Å². The van der Waals surface area contributed by atoms with Crippen LogP contribution in [-0.4, -0.2) is 29.5 Å². The van der Waals surface area contributed by atoms with Gasteiger partial charge in [0.15, 0.2) is 0 Å². The summed E-state index contributed by atoms with van der Waals surface area (Å²) < 4.78 is 5.33. The first-order valence-corrected chi connectivity index (χ1v) is 7.75. The van der Waals surface area contributed by atoms with Crippen LogP contribution in [0.1, 0.15) is 50.4 Å². The Kier molecular flexibility index (Phi) is 3.44. The number of carbonyl (C=O) groups excluding carboxylic acids is 1. The zero-order chi connectivity index (χ0) is 15.2. The zero-order valence-corrected chi connectivity index (χ0v) is 13.3. The summed E-state index contributed by atoms with van der Waals surface area (Å²) in [6.07, 6.45) is 3.04. The van der Waals surface area contributed by atoms with Gasteiger partial charge in [0.1, 0.15) is 11.9 Å². The SMILES string of the molecule is CCC1(C)NC(c2ccc(OC)c(C)c2)N(C2CC2)C1=O. The van der Waals surface area contributed by atoms with Crippen molar-refractivity contribution in [3.63, 3.8) is 0 Å². The van der Waals surface area contributed by atoms with E-state index in [9.17, 15) is 4.79 Å². The van der Waals surface area contributed by atoms with E-state index < -0.39 is 5.54 Å². The second-order valence-corrected chi connectivity index (χ2v) is 6.41. The normalized spacial score (nSPS) is 29.0. The van der Waals surface area contributed by atoms with Crippen molar-refractivity contribution < 1.29 is 9.53 Å². The molecular weight excluding hydrogens is 264 g/mol. The van der Waals surface area contributed by atoms with E-state index in [1.54, 1.807) is 7.11 Å². The standard InChI is InChI=1S/C17H24N2O2/c1-5-17(3)16(20)19(13-7-8-13)15(18-17)12-6-9-14(21-4)11(2)10-12/h6,9-10,13,15,18H,5,7-8H2,1-4H3. The lowest BCUT2D eigenvalue weighted by molar-refractivity contribution is -0.133. The van der Waals surface area contributed by atoms with Gasteiger partial charge in [-0.3, -0.25) is 10.1 Å². The van der Waals surface area contributed by atoms with Crippen molar-refractivity contribution in [3.8, 4) is 5.75 Å². The number of aryl methyl sites for hydroxylation is 1. The molecule has 1 saturated carbocycles. The minimum atomic E-state index is -0.443. The molecule has 0 bridgehead atoms. The number of benzene rings is 1. The maximum absolute atomic E-state index is 12.8. The summed E-state index contributed by atoms with van der Waals surface area (Å²) in [6.45, 7) is 6.12. The third-order valence-electron chi connectivity index (χ3n) is 4.82. The van der Waals surface area contributed by atoms with Crippen molar-refractivity contribution in [2.45, 2.75) is 57.8 Å². The molecule has 1 heterocycles. The summed E-state index contributed by atoms with van der Waals surface area (Å²) in [5.41, 5.74) is 1.80. The molecule has 21 heavy (non-hydrogen) atoms. The topological polar surface area (TPSA) is 41.6 Å². The highest BCUT2D eigenvalue weighted by molar-refractivity contribution is 5.89. The lowest BCUT2D eigenvalue weighted by Crippen LogP contribution is -2.43. The van der Waals surface area contributed by atoms with E-state index in [1.165, 1.54) is 0 Å². The van der Waals surface area contributed by atoms with Gasteiger partial charge in [-0.25, -0.2) is 0 Å². The van der Waals surface area contributed by atoms with Gasteiger partial charge in [0.2, 0.25) is 5.91 Å². The number of carbonyl (C=O) groups is 1. The molecule has 2 atom stereocenters. The number of nitrogens with one attached hydrogen (secondary N) is 1. The fourth-order valence-corrected chi connectivity index (χ4v) is 3.13. The lowest BCUT2D eigenvalue weighted by Gasteiger charge is -2.25. The molecule has 2 aliphatic rings. The number of ether oxygens (including phenoxy) is 1. The molecule has 2 unspecified atom stereocenters. The molecule has 1 aliphatic carbocycles. The van der Waals surface area contributed by atoms with Crippen LogP contribution in [0.4, 0.5) is 0 Å². The van der Waals surface area contributed by atoms with E-state index in [4.69, 9.17) is 4.74 Å². The average molecular weight is 288 g/mol. The van der Waals surface area contributed by atoms with Gasteiger partial charge in [-0.2, -0.15) is 0 Å². The molecule has 1 amide bonds. The summed E-state index contributed by atoms with van der Waals surface area (Å²) in [5, 5.41) is 3.55. The minimum absolute atomic E-state index is 0.0143. The van der Waals surface area contributed by atoms with E-state index in [0.29, 0.717) is 6.04 Å². The maximum Gasteiger partial charge on any atom is 0.244 e. The van der Waals surface area contributed by atoms with E-state index in [-0.39, 0.29) is 12.1 Å². The van der Waals surface area contributed by atoms with Gasteiger partial charge in [0.05, 0.1) is 12.6 Å². The summed E-state index contributed by atoms with van der Waals surface area (Å²) in [6, 6.07) is 6.59. The summed E-state index contributed by atoms with van der Waals surface area (Å²) in [5.74, 6) is 1.13. The van der Waals surface area contributed by atoms with Crippen LogP contribution in [0.5, 0.6) is 5.75 Å². The Balaban J connectivity index is 1.96. The molecule has 2 fully saturated rings. The van der Waals surface area contributed by atoms with Gasteiger partial charge in [-0.1, -0.05) is 13.0 Å². The van der Waals surface area contributed by atoms with Gasteiger partial charge >= 0.3 is 0 Å². The Morgan fingerprint density at radius 3 is 2.67 bits per heavy atom. The van der Waals surface area contributed by atoms with Crippen molar-refractivity contribution >= 4 is 5.91 Å². The van der Waals surface area contributed by atoms with Gasteiger partial charge in [0, 0.05) is 6.04 Å².